The molecule has 1 heterocycles. The van der Waals surface area contributed by atoms with Gasteiger partial charge in [0.15, 0.2) is 0 Å². The predicted molar refractivity (Wildman–Crippen MR) is 56.9 cm³/mol. The molecule has 0 aliphatic rings. The summed E-state index contributed by atoms with van der Waals surface area (Å²) in [5.41, 5.74) is 1.28. The Kier molecular flexibility index (Phi) is 5.48. The lowest BCUT2D eigenvalue weighted by Gasteiger charge is -1.94. The van der Waals surface area contributed by atoms with Gasteiger partial charge >= 0.3 is 18.8 Å². The van der Waals surface area contributed by atoms with E-state index in [2.05, 4.69) is 26.8 Å². The Hall–Kier alpha value is -1.07. The molecule has 0 spiro atoms. The van der Waals surface area contributed by atoms with Crippen LogP contribution in [0.4, 0.5) is 17.3 Å². The second-order valence-corrected chi connectivity index (χ2v) is 3.80. The highest BCUT2D eigenvalue weighted by atomic mass is 19.5. The van der Waals surface area contributed by atoms with Crippen molar-refractivity contribution in [2.24, 2.45) is 0 Å². The molecule has 0 unspecified atom stereocenters. The molecule has 0 saturated heterocycles. The maximum Gasteiger partial charge on any atom is 0.673 e. The average Bonchev–Trinajstić information content (AvgIpc) is 1.98. The summed E-state index contributed by atoms with van der Waals surface area (Å²) >= 11 is 0. The van der Waals surface area contributed by atoms with Crippen LogP contribution in [0.5, 0.6) is 0 Å². The van der Waals surface area contributed by atoms with Gasteiger partial charge in [-0.25, -0.2) is 4.42 Å². The van der Waals surface area contributed by atoms with Gasteiger partial charge in [0, 0.05) is 12.1 Å². The molecule has 0 N–H and O–H groups in total. The fourth-order valence-electron chi connectivity index (χ4n) is 1.12. The molecule has 1 nitrogen and oxygen atoms in total. The zero-order chi connectivity index (χ0) is 12.9. The monoisotopic (exact) mass is 238 g/mol. The average molecular weight is 238 g/mol. The van der Waals surface area contributed by atoms with E-state index >= 15 is 0 Å². The van der Waals surface area contributed by atoms with E-state index in [9.17, 15) is 17.3 Å². The van der Waals surface area contributed by atoms with Crippen LogP contribution >= 0.6 is 0 Å². The van der Waals surface area contributed by atoms with E-state index in [4.69, 9.17) is 4.42 Å². The summed E-state index contributed by atoms with van der Waals surface area (Å²) < 4.78 is 44.5. The van der Waals surface area contributed by atoms with E-state index in [1.54, 1.807) is 0 Å². The van der Waals surface area contributed by atoms with Crippen LogP contribution in [0, 0.1) is 13.8 Å². The Morgan fingerprint density at radius 1 is 1.06 bits per heavy atom. The van der Waals surface area contributed by atoms with Crippen molar-refractivity contribution in [1.82, 2.24) is 0 Å². The van der Waals surface area contributed by atoms with Crippen molar-refractivity contribution in [3.8, 4) is 0 Å². The molecule has 16 heavy (non-hydrogen) atoms. The predicted octanol–water partition coefficient (Wildman–Crippen LogP) is 4.60. The Balaban J connectivity index is 0.000000385. The Morgan fingerprint density at radius 2 is 1.50 bits per heavy atom. The summed E-state index contributed by atoms with van der Waals surface area (Å²) in [4.78, 5) is 0. The van der Waals surface area contributed by atoms with E-state index in [0.29, 0.717) is 5.92 Å². The fraction of sp³-hybridized carbons (Fsp3) is 0.500. The largest absolute Gasteiger partial charge is 0.673 e. The van der Waals surface area contributed by atoms with Crippen LogP contribution in [0.25, 0.3) is 0 Å². The standard InChI is InChI=1S/C10H15O.BF4/c1-7(2)10-6-8(3)5-9(4)11-10;2-1(3,4)5/h5-7H,1-4H3;/q+1;-1. The summed E-state index contributed by atoms with van der Waals surface area (Å²) in [7, 11) is -6.00. The summed E-state index contributed by atoms with van der Waals surface area (Å²) in [6.07, 6.45) is 0. The Bertz CT molecular complexity index is 310. The summed E-state index contributed by atoms with van der Waals surface area (Å²) in [5.74, 6) is 2.55. The quantitative estimate of drug-likeness (QED) is 0.395. The van der Waals surface area contributed by atoms with Crippen LogP contribution in [0.2, 0.25) is 0 Å². The van der Waals surface area contributed by atoms with Crippen molar-refractivity contribution in [1.29, 1.82) is 0 Å². The van der Waals surface area contributed by atoms with Crippen LogP contribution in [0.15, 0.2) is 16.5 Å². The van der Waals surface area contributed by atoms with Crippen LogP contribution in [0.3, 0.4) is 0 Å². The van der Waals surface area contributed by atoms with Crippen molar-refractivity contribution in [3.05, 3.63) is 29.2 Å². The lowest BCUT2D eigenvalue weighted by atomic mass is 10.1. The molecular formula is C10H15BF4O. The van der Waals surface area contributed by atoms with Crippen LogP contribution in [0.1, 0.15) is 36.8 Å². The van der Waals surface area contributed by atoms with Crippen LogP contribution < -0.4 is 0 Å². The molecule has 0 fully saturated rings. The lowest BCUT2D eigenvalue weighted by Crippen LogP contribution is -2.02. The lowest BCUT2D eigenvalue weighted by molar-refractivity contribution is 0.368. The first-order valence-electron chi connectivity index (χ1n) is 4.88. The van der Waals surface area contributed by atoms with E-state index in [1.165, 1.54) is 5.56 Å². The molecule has 92 valence electrons. The van der Waals surface area contributed by atoms with Crippen molar-refractivity contribution in [2.45, 2.75) is 33.6 Å². The molecule has 0 radical (unpaired) electrons. The van der Waals surface area contributed by atoms with E-state index in [1.807, 2.05) is 13.0 Å². The SMILES string of the molecule is Cc1cc(C)[o+]c(C(C)C)c1.F[B-](F)(F)F. The second kappa shape index (κ2) is 5.87. The molecule has 1 rings (SSSR count). The highest BCUT2D eigenvalue weighted by Gasteiger charge is 2.20. The van der Waals surface area contributed by atoms with Crippen LogP contribution in [-0.4, -0.2) is 7.25 Å². The van der Waals surface area contributed by atoms with E-state index in [0.717, 1.165) is 11.5 Å². The third kappa shape index (κ3) is 8.26. The Labute approximate surface area is 92.6 Å². The molecule has 0 aliphatic carbocycles. The third-order valence-corrected chi connectivity index (χ3v) is 1.65. The van der Waals surface area contributed by atoms with Gasteiger partial charge in [0.2, 0.25) is 0 Å². The zero-order valence-corrected chi connectivity index (χ0v) is 9.73. The molecule has 0 aliphatic heterocycles. The topological polar surface area (TPSA) is 11.3 Å². The van der Waals surface area contributed by atoms with E-state index < -0.39 is 7.25 Å². The van der Waals surface area contributed by atoms with Gasteiger partial charge in [-0.05, 0) is 12.5 Å². The molecule has 0 amide bonds. The number of hydrogen-bond acceptors (Lipinski definition) is 0. The maximum absolute atomic E-state index is 9.75. The van der Waals surface area contributed by atoms with Crippen molar-refractivity contribution in [3.63, 3.8) is 0 Å². The third-order valence-electron chi connectivity index (χ3n) is 1.65. The van der Waals surface area contributed by atoms with Gasteiger partial charge in [-0.15, -0.1) is 0 Å². The number of aryl methyl sites for hydroxylation is 2. The molecule has 1 aromatic rings. The normalized spacial score (nSPS) is 11.1. The van der Waals surface area contributed by atoms with Gasteiger partial charge in [0.1, 0.15) is 0 Å². The fourth-order valence-corrected chi connectivity index (χ4v) is 1.12. The summed E-state index contributed by atoms with van der Waals surface area (Å²) in [6, 6.07) is 4.14. The molecule has 0 atom stereocenters. The smallest absolute Gasteiger partial charge is 0.418 e. The minimum absolute atomic E-state index is 0.480. The first-order chi connectivity index (χ1) is 7.09. The number of halogens is 4. The van der Waals surface area contributed by atoms with Gasteiger partial charge < -0.3 is 17.3 Å². The second-order valence-electron chi connectivity index (χ2n) is 3.80. The molecule has 0 saturated carbocycles. The van der Waals surface area contributed by atoms with Gasteiger partial charge in [-0.1, -0.05) is 13.8 Å². The van der Waals surface area contributed by atoms with Crippen LogP contribution in [-0.2, 0) is 0 Å². The van der Waals surface area contributed by atoms with Gasteiger partial charge in [0.05, 0.1) is 12.8 Å². The Morgan fingerprint density at radius 3 is 1.81 bits per heavy atom. The minimum Gasteiger partial charge on any atom is -0.418 e. The van der Waals surface area contributed by atoms with Crippen molar-refractivity contribution >= 4 is 7.25 Å². The highest BCUT2D eigenvalue weighted by molar-refractivity contribution is 6.50. The van der Waals surface area contributed by atoms with Crippen molar-refractivity contribution < 1.29 is 21.7 Å². The molecule has 1 aromatic heterocycles. The number of hydrogen-bond donors (Lipinski definition) is 0. The zero-order valence-electron chi connectivity index (χ0n) is 9.73. The molecule has 6 heteroatoms. The minimum atomic E-state index is -6.00. The molecule has 0 bridgehead atoms. The van der Waals surface area contributed by atoms with Crippen molar-refractivity contribution in [2.75, 3.05) is 0 Å². The van der Waals surface area contributed by atoms with Gasteiger partial charge in [-0.3, -0.25) is 0 Å². The summed E-state index contributed by atoms with van der Waals surface area (Å²) in [6.45, 7) is 8.35. The van der Waals surface area contributed by atoms with Gasteiger partial charge in [-0.2, -0.15) is 0 Å². The van der Waals surface area contributed by atoms with E-state index in [-0.39, 0.29) is 0 Å². The maximum atomic E-state index is 9.75. The van der Waals surface area contributed by atoms with Gasteiger partial charge in [0.25, 0.3) is 0 Å². The highest BCUT2D eigenvalue weighted by Crippen LogP contribution is 2.17. The molecule has 0 aromatic carbocycles. The summed E-state index contributed by atoms with van der Waals surface area (Å²) in [5, 5.41) is 0. The number of rotatable bonds is 1. The first kappa shape index (κ1) is 14.9. The molecular weight excluding hydrogens is 223 g/mol. The first-order valence-corrected chi connectivity index (χ1v) is 4.88.